The van der Waals surface area contributed by atoms with E-state index in [0.29, 0.717) is 0 Å². The largest absolute Gasteiger partial charge is 0.352 e. The van der Waals surface area contributed by atoms with Crippen molar-refractivity contribution in [2.24, 2.45) is 4.99 Å². The van der Waals surface area contributed by atoms with Crippen LogP contribution in [0.4, 0.5) is 0 Å². The van der Waals surface area contributed by atoms with Crippen molar-refractivity contribution in [2.75, 3.05) is 20.1 Å². The first-order valence-electron chi connectivity index (χ1n) is 8.75. The molecule has 2 N–H and O–H groups in total. The monoisotopic (exact) mass is 444 g/mol. The van der Waals surface area contributed by atoms with Crippen LogP contribution in [-0.2, 0) is 13.1 Å². The van der Waals surface area contributed by atoms with Crippen molar-refractivity contribution in [3.63, 3.8) is 0 Å². The molecule has 1 aliphatic heterocycles. The van der Waals surface area contributed by atoms with Gasteiger partial charge in [0.2, 0.25) is 0 Å². The minimum atomic E-state index is 0. The summed E-state index contributed by atoms with van der Waals surface area (Å²) in [5.41, 5.74) is 2.71. The fourth-order valence-corrected chi connectivity index (χ4v) is 2.86. The summed E-state index contributed by atoms with van der Waals surface area (Å²) in [5.74, 6) is 0.842. The Morgan fingerprint density at radius 3 is 2.17 bits per heavy atom. The third-order valence-corrected chi connectivity index (χ3v) is 4.05. The molecule has 4 nitrogen and oxygen atoms in total. The van der Waals surface area contributed by atoms with Crippen LogP contribution in [0.1, 0.15) is 51.2 Å². The zero-order valence-electron chi connectivity index (χ0n) is 15.6. The van der Waals surface area contributed by atoms with Gasteiger partial charge < -0.3 is 10.6 Å². The minimum absolute atomic E-state index is 0. The van der Waals surface area contributed by atoms with E-state index in [1.165, 1.54) is 43.5 Å². The number of aliphatic imine (C=N–C) groups is 1. The number of likely N-dealkylation sites (tertiary alicyclic amines) is 1. The first-order valence-corrected chi connectivity index (χ1v) is 8.75. The van der Waals surface area contributed by atoms with Gasteiger partial charge in [-0.15, -0.1) is 24.0 Å². The van der Waals surface area contributed by atoms with Crippen LogP contribution in [0.15, 0.2) is 29.3 Å². The Labute approximate surface area is 164 Å². The van der Waals surface area contributed by atoms with E-state index in [4.69, 9.17) is 0 Å². The van der Waals surface area contributed by atoms with Gasteiger partial charge in [-0.05, 0) is 57.8 Å². The van der Waals surface area contributed by atoms with Gasteiger partial charge in [-0.25, -0.2) is 0 Å². The first kappa shape index (κ1) is 21.2. The molecule has 0 bridgehead atoms. The van der Waals surface area contributed by atoms with E-state index in [1.807, 2.05) is 7.05 Å². The normalized spacial score (nSPS) is 16.4. The minimum Gasteiger partial charge on any atom is -0.352 e. The Morgan fingerprint density at radius 2 is 1.62 bits per heavy atom. The van der Waals surface area contributed by atoms with Crippen molar-refractivity contribution < 1.29 is 0 Å². The third-order valence-electron chi connectivity index (χ3n) is 4.05. The van der Waals surface area contributed by atoms with E-state index >= 15 is 0 Å². The summed E-state index contributed by atoms with van der Waals surface area (Å²) in [7, 11) is 1.81. The Kier molecular flexibility index (Phi) is 9.05. The number of guanidine groups is 1. The van der Waals surface area contributed by atoms with Crippen LogP contribution in [-0.4, -0.2) is 36.5 Å². The van der Waals surface area contributed by atoms with E-state index in [9.17, 15) is 0 Å². The van der Waals surface area contributed by atoms with Gasteiger partial charge in [0.05, 0.1) is 0 Å². The standard InChI is InChI=1S/C19H32N4.HI/c1-19(2,3)22-18(20-4)21-14-16-8-10-17(11-9-16)15-23-12-6-5-7-13-23;/h8-11H,5-7,12-15H2,1-4H3,(H2,20,21,22);1H. The van der Waals surface area contributed by atoms with Gasteiger partial charge in [-0.3, -0.25) is 9.89 Å². The van der Waals surface area contributed by atoms with Gasteiger partial charge in [-0.2, -0.15) is 0 Å². The lowest BCUT2D eigenvalue weighted by Crippen LogP contribution is -2.47. The summed E-state index contributed by atoms with van der Waals surface area (Å²) in [6.45, 7) is 10.8. The van der Waals surface area contributed by atoms with E-state index in [0.717, 1.165) is 19.0 Å². The van der Waals surface area contributed by atoms with Crippen LogP contribution >= 0.6 is 24.0 Å². The molecule has 0 amide bonds. The smallest absolute Gasteiger partial charge is 0.191 e. The molecule has 1 aromatic carbocycles. The zero-order valence-corrected chi connectivity index (χ0v) is 17.9. The second-order valence-electron chi connectivity index (χ2n) is 7.45. The van der Waals surface area contributed by atoms with Gasteiger partial charge in [-0.1, -0.05) is 30.7 Å². The Morgan fingerprint density at radius 1 is 1.04 bits per heavy atom. The van der Waals surface area contributed by atoms with Crippen LogP contribution in [0.25, 0.3) is 0 Å². The van der Waals surface area contributed by atoms with Gasteiger partial charge in [0.15, 0.2) is 5.96 Å². The lowest BCUT2D eigenvalue weighted by atomic mass is 10.1. The number of nitrogens with one attached hydrogen (secondary N) is 2. The maximum atomic E-state index is 4.27. The molecule has 1 aromatic rings. The molecule has 0 radical (unpaired) electrons. The average molecular weight is 444 g/mol. The number of nitrogens with zero attached hydrogens (tertiary/aromatic N) is 2. The fourth-order valence-electron chi connectivity index (χ4n) is 2.86. The molecular formula is C19H33IN4. The van der Waals surface area contributed by atoms with Crippen LogP contribution in [0, 0.1) is 0 Å². The second-order valence-corrected chi connectivity index (χ2v) is 7.45. The number of rotatable bonds is 4. The number of halogens is 1. The number of hydrogen-bond donors (Lipinski definition) is 2. The number of benzene rings is 1. The number of piperidine rings is 1. The maximum Gasteiger partial charge on any atom is 0.191 e. The highest BCUT2D eigenvalue weighted by Crippen LogP contribution is 2.13. The predicted molar refractivity (Wildman–Crippen MR) is 114 cm³/mol. The molecule has 1 fully saturated rings. The zero-order chi connectivity index (χ0) is 16.7. The molecule has 1 heterocycles. The van der Waals surface area contributed by atoms with Crippen LogP contribution in [0.2, 0.25) is 0 Å². The molecular weight excluding hydrogens is 411 g/mol. The van der Waals surface area contributed by atoms with Crippen molar-refractivity contribution in [1.29, 1.82) is 0 Å². The van der Waals surface area contributed by atoms with Crippen LogP contribution in [0.3, 0.4) is 0 Å². The van der Waals surface area contributed by atoms with E-state index in [1.54, 1.807) is 0 Å². The predicted octanol–water partition coefficient (Wildman–Crippen LogP) is 3.75. The summed E-state index contributed by atoms with van der Waals surface area (Å²) in [6.07, 6.45) is 4.09. The van der Waals surface area contributed by atoms with Crippen molar-refractivity contribution in [2.45, 2.75) is 58.7 Å². The van der Waals surface area contributed by atoms with Gasteiger partial charge >= 0.3 is 0 Å². The molecule has 5 heteroatoms. The maximum absolute atomic E-state index is 4.27. The Bertz CT molecular complexity index is 499. The molecule has 0 spiro atoms. The second kappa shape index (κ2) is 10.2. The molecule has 24 heavy (non-hydrogen) atoms. The number of hydrogen-bond acceptors (Lipinski definition) is 2. The molecule has 136 valence electrons. The van der Waals surface area contributed by atoms with Gasteiger partial charge in [0.1, 0.15) is 0 Å². The van der Waals surface area contributed by atoms with Crippen molar-refractivity contribution >= 4 is 29.9 Å². The highest BCUT2D eigenvalue weighted by Gasteiger charge is 2.12. The third kappa shape index (κ3) is 7.83. The van der Waals surface area contributed by atoms with Crippen LogP contribution in [0.5, 0.6) is 0 Å². The van der Waals surface area contributed by atoms with Crippen LogP contribution < -0.4 is 10.6 Å². The van der Waals surface area contributed by atoms with E-state index in [-0.39, 0.29) is 29.5 Å². The van der Waals surface area contributed by atoms with Gasteiger partial charge in [0, 0.05) is 25.7 Å². The quantitative estimate of drug-likeness (QED) is 0.422. The van der Waals surface area contributed by atoms with E-state index < -0.39 is 0 Å². The molecule has 1 aliphatic rings. The summed E-state index contributed by atoms with van der Waals surface area (Å²) < 4.78 is 0. The van der Waals surface area contributed by atoms with Crippen molar-refractivity contribution in [1.82, 2.24) is 15.5 Å². The lowest BCUT2D eigenvalue weighted by molar-refractivity contribution is 0.221. The molecule has 0 aromatic heterocycles. The average Bonchev–Trinajstić information content (AvgIpc) is 2.53. The Balaban J connectivity index is 0.00000288. The highest BCUT2D eigenvalue weighted by atomic mass is 127. The van der Waals surface area contributed by atoms with E-state index in [2.05, 4.69) is 65.6 Å². The first-order chi connectivity index (χ1) is 11.0. The Hall–Kier alpha value is -0.820. The molecule has 1 saturated heterocycles. The highest BCUT2D eigenvalue weighted by molar-refractivity contribution is 14.0. The van der Waals surface area contributed by atoms with Crippen molar-refractivity contribution in [3.05, 3.63) is 35.4 Å². The van der Waals surface area contributed by atoms with Gasteiger partial charge in [0.25, 0.3) is 0 Å². The molecule has 0 unspecified atom stereocenters. The summed E-state index contributed by atoms with van der Waals surface area (Å²) >= 11 is 0. The summed E-state index contributed by atoms with van der Waals surface area (Å²) in [5, 5.41) is 6.75. The molecule has 2 rings (SSSR count). The SMILES string of the molecule is CN=C(NCc1ccc(CN2CCCCC2)cc1)NC(C)(C)C.I. The molecule has 0 saturated carbocycles. The molecule has 0 atom stereocenters. The summed E-state index contributed by atoms with van der Waals surface area (Å²) in [4.78, 5) is 6.83. The molecule has 0 aliphatic carbocycles. The lowest BCUT2D eigenvalue weighted by Gasteiger charge is -2.26. The van der Waals surface area contributed by atoms with Crippen molar-refractivity contribution in [3.8, 4) is 0 Å². The fraction of sp³-hybridized carbons (Fsp3) is 0.632. The summed E-state index contributed by atoms with van der Waals surface area (Å²) in [6, 6.07) is 8.95. The topological polar surface area (TPSA) is 39.7 Å².